The van der Waals surface area contributed by atoms with Gasteiger partial charge in [0, 0.05) is 31.2 Å². The summed E-state index contributed by atoms with van der Waals surface area (Å²) in [6, 6.07) is 11.5. The van der Waals surface area contributed by atoms with Crippen molar-refractivity contribution in [2.75, 3.05) is 19.6 Å². The van der Waals surface area contributed by atoms with E-state index in [0.717, 1.165) is 13.0 Å². The smallest absolute Gasteiger partial charge is 0.0304 e. The van der Waals surface area contributed by atoms with Crippen LogP contribution in [-0.4, -0.2) is 36.1 Å². The molecule has 1 atom stereocenters. The molecule has 1 aromatic rings. The minimum atomic E-state index is 0.337. The van der Waals surface area contributed by atoms with Crippen molar-refractivity contribution in [1.29, 1.82) is 0 Å². The Balaban J connectivity index is 1.97. The Bertz CT molecular complexity index is 370. The van der Waals surface area contributed by atoms with E-state index in [4.69, 9.17) is 0 Å². The van der Waals surface area contributed by atoms with Gasteiger partial charge < -0.3 is 5.32 Å². The second-order valence-electron chi connectivity index (χ2n) is 5.92. The van der Waals surface area contributed by atoms with Crippen LogP contribution in [0.15, 0.2) is 30.3 Å². The molecule has 0 amide bonds. The van der Waals surface area contributed by atoms with Crippen molar-refractivity contribution < 1.29 is 0 Å². The van der Waals surface area contributed by atoms with Gasteiger partial charge in [0.1, 0.15) is 0 Å². The van der Waals surface area contributed by atoms with Crippen LogP contribution in [0, 0.1) is 0 Å². The van der Waals surface area contributed by atoms with Gasteiger partial charge in [-0.1, -0.05) is 44.2 Å². The van der Waals surface area contributed by atoms with E-state index in [0.29, 0.717) is 11.6 Å². The molecule has 0 saturated carbocycles. The van der Waals surface area contributed by atoms with E-state index in [1.807, 2.05) is 0 Å². The Labute approximate surface area is 118 Å². The SMILES string of the molecule is CCC1(CC)CN(C(C)Cc2ccccc2)CCN1. The Kier molecular flexibility index (Phi) is 5.00. The quantitative estimate of drug-likeness (QED) is 0.875. The van der Waals surface area contributed by atoms with Crippen LogP contribution in [0.3, 0.4) is 0 Å². The topological polar surface area (TPSA) is 15.3 Å². The Hall–Kier alpha value is -0.860. The summed E-state index contributed by atoms with van der Waals surface area (Å²) in [5.41, 5.74) is 1.79. The van der Waals surface area contributed by atoms with E-state index >= 15 is 0 Å². The van der Waals surface area contributed by atoms with Crippen LogP contribution < -0.4 is 5.32 Å². The maximum atomic E-state index is 3.74. The molecule has 0 bridgehead atoms. The summed E-state index contributed by atoms with van der Waals surface area (Å²) in [6.07, 6.45) is 3.60. The zero-order chi connectivity index (χ0) is 13.7. The van der Waals surface area contributed by atoms with Crippen LogP contribution in [0.25, 0.3) is 0 Å². The number of nitrogens with one attached hydrogen (secondary N) is 1. The summed E-state index contributed by atoms with van der Waals surface area (Å²) in [5.74, 6) is 0. The molecule has 1 heterocycles. The van der Waals surface area contributed by atoms with E-state index < -0.39 is 0 Å². The highest BCUT2D eigenvalue weighted by Gasteiger charge is 2.33. The van der Waals surface area contributed by atoms with Crippen molar-refractivity contribution in [3.63, 3.8) is 0 Å². The lowest BCUT2D eigenvalue weighted by molar-refractivity contribution is 0.0919. The van der Waals surface area contributed by atoms with E-state index in [-0.39, 0.29) is 0 Å². The average molecular weight is 260 g/mol. The third kappa shape index (κ3) is 3.58. The summed E-state index contributed by atoms with van der Waals surface area (Å²) in [7, 11) is 0. The minimum Gasteiger partial charge on any atom is -0.309 e. The Morgan fingerprint density at radius 3 is 2.53 bits per heavy atom. The summed E-state index contributed by atoms with van der Waals surface area (Å²) >= 11 is 0. The van der Waals surface area contributed by atoms with Gasteiger partial charge in [0.05, 0.1) is 0 Å². The highest BCUT2D eigenvalue weighted by atomic mass is 15.2. The maximum absolute atomic E-state index is 3.74. The second kappa shape index (κ2) is 6.53. The second-order valence-corrected chi connectivity index (χ2v) is 5.92. The van der Waals surface area contributed by atoms with E-state index in [1.54, 1.807) is 0 Å². The number of hydrogen-bond acceptors (Lipinski definition) is 2. The molecule has 1 saturated heterocycles. The van der Waals surface area contributed by atoms with E-state index in [1.165, 1.54) is 31.5 Å². The summed E-state index contributed by atoms with van der Waals surface area (Å²) in [4.78, 5) is 2.66. The molecule has 1 aromatic carbocycles. The van der Waals surface area contributed by atoms with Gasteiger partial charge in [-0.3, -0.25) is 4.90 Å². The number of hydrogen-bond donors (Lipinski definition) is 1. The van der Waals surface area contributed by atoms with E-state index in [2.05, 4.69) is 61.3 Å². The molecule has 106 valence electrons. The fraction of sp³-hybridized carbons (Fsp3) is 0.647. The monoisotopic (exact) mass is 260 g/mol. The zero-order valence-corrected chi connectivity index (χ0v) is 12.7. The first kappa shape index (κ1) is 14.5. The zero-order valence-electron chi connectivity index (χ0n) is 12.7. The normalized spacial score (nSPS) is 21.2. The number of piperazine rings is 1. The molecule has 19 heavy (non-hydrogen) atoms. The van der Waals surface area contributed by atoms with Gasteiger partial charge in [-0.25, -0.2) is 0 Å². The molecule has 2 nitrogen and oxygen atoms in total. The number of benzene rings is 1. The molecule has 1 unspecified atom stereocenters. The molecular weight excluding hydrogens is 232 g/mol. The first-order chi connectivity index (χ1) is 9.19. The molecule has 2 heteroatoms. The standard InChI is InChI=1S/C17H28N2/c1-4-17(5-2)14-19(12-11-18-17)15(3)13-16-9-7-6-8-10-16/h6-10,15,18H,4-5,11-14H2,1-3H3. The van der Waals surface area contributed by atoms with Gasteiger partial charge >= 0.3 is 0 Å². The van der Waals surface area contributed by atoms with Crippen LogP contribution >= 0.6 is 0 Å². The molecule has 1 N–H and O–H groups in total. The predicted octanol–water partition coefficient (Wildman–Crippen LogP) is 3.08. The average Bonchev–Trinajstić information content (AvgIpc) is 2.48. The predicted molar refractivity (Wildman–Crippen MR) is 82.5 cm³/mol. The summed E-state index contributed by atoms with van der Waals surface area (Å²) in [6.45, 7) is 10.5. The fourth-order valence-electron chi connectivity index (χ4n) is 3.17. The van der Waals surface area contributed by atoms with Gasteiger partial charge in [0.15, 0.2) is 0 Å². The molecule has 0 aliphatic carbocycles. The first-order valence-corrected chi connectivity index (χ1v) is 7.72. The molecule has 1 aliphatic heterocycles. The van der Waals surface area contributed by atoms with Crippen LogP contribution in [0.4, 0.5) is 0 Å². The molecule has 0 spiro atoms. The maximum Gasteiger partial charge on any atom is 0.0304 e. The number of rotatable bonds is 5. The Morgan fingerprint density at radius 1 is 1.21 bits per heavy atom. The molecule has 1 aliphatic rings. The lowest BCUT2D eigenvalue weighted by atomic mass is 9.89. The van der Waals surface area contributed by atoms with Crippen molar-refractivity contribution in [1.82, 2.24) is 10.2 Å². The van der Waals surface area contributed by atoms with Gasteiger partial charge in [0.2, 0.25) is 0 Å². The molecule has 0 radical (unpaired) electrons. The van der Waals surface area contributed by atoms with Gasteiger partial charge in [-0.05, 0) is 31.7 Å². The van der Waals surface area contributed by atoms with Crippen LogP contribution in [-0.2, 0) is 6.42 Å². The summed E-state index contributed by atoms with van der Waals surface area (Å²) in [5, 5.41) is 3.74. The minimum absolute atomic E-state index is 0.337. The van der Waals surface area contributed by atoms with Crippen molar-refractivity contribution in [2.24, 2.45) is 0 Å². The first-order valence-electron chi connectivity index (χ1n) is 7.72. The van der Waals surface area contributed by atoms with Gasteiger partial charge in [0.25, 0.3) is 0 Å². The van der Waals surface area contributed by atoms with Crippen molar-refractivity contribution in [3.8, 4) is 0 Å². The molecule has 0 aromatic heterocycles. The van der Waals surface area contributed by atoms with Crippen molar-refractivity contribution in [2.45, 2.75) is 51.6 Å². The largest absolute Gasteiger partial charge is 0.309 e. The van der Waals surface area contributed by atoms with Crippen LogP contribution in [0.2, 0.25) is 0 Å². The summed E-state index contributed by atoms with van der Waals surface area (Å²) < 4.78 is 0. The van der Waals surface area contributed by atoms with Gasteiger partial charge in [-0.2, -0.15) is 0 Å². The van der Waals surface area contributed by atoms with Gasteiger partial charge in [-0.15, -0.1) is 0 Å². The molecule has 1 fully saturated rings. The van der Waals surface area contributed by atoms with Crippen molar-refractivity contribution >= 4 is 0 Å². The lowest BCUT2D eigenvalue weighted by Gasteiger charge is -2.45. The molecular formula is C17H28N2. The highest BCUT2D eigenvalue weighted by molar-refractivity contribution is 5.16. The van der Waals surface area contributed by atoms with Crippen molar-refractivity contribution in [3.05, 3.63) is 35.9 Å². The lowest BCUT2D eigenvalue weighted by Crippen LogP contribution is -2.61. The van der Waals surface area contributed by atoms with E-state index in [9.17, 15) is 0 Å². The van der Waals surface area contributed by atoms with Crippen LogP contribution in [0.1, 0.15) is 39.2 Å². The molecule has 2 rings (SSSR count). The Morgan fingerprint density at radius 2 is 1.89 bits per heavy atom. The number of nitrogens with zero attached hydrogens (tertiary/aromatic N) is 1. The highest BCUT2D eigenvalue weighted by Crippen LogP contribution is 2.22. The third-order valence-corrected chi connectivity index (χ3v) is 4.76. The third-order valence-electron chi connectivity index (χ3n) is 4.76. The fourth-order valence-corrected chi connectivity index (χ4v) is 3.17. The van der Waals surface area contributed by atoms with Crippen LogP contribution in [0.5, 0.6) is 0 Å².